The molecule has 2 aromatic carbocycles. The lowest BCUT2D eigenvalue weighted by Gasteiger charge is -2.06. The fourth-order valence-electron chi connectivity index (χ4n) is 2.04. The van der Waals surface area contributed by atoms with Crippen molar-refractivity contribution in [2.24, 2.45) is 0 Å². The Kier molecular flexibility index (Phi) is 6.39. The van der Waals surface area contributed by atoms with Crippen molar-refractivity contribution in [2.75, 3.05) is 11.9 Å². The molecular weight excluding hydrogens is 325 g/mol. The van der Waals surface area contributed by atoms with E-state index in [1.54, 1.807) is 31.2 Å². The lowest BCUT2D eigenvalue weighted by atomic mass is 10.1. The largest absolute Gasteiger partial charge is 0.457 e. The maximum absolute atomic E-state index is 12.8. The summed E-state index contributed by atoms with van der Waals surface area (Å²) in [6, 6.07) is 11.8. The van der Waals surface area contributed by atoms with E-state index in [9.17, 15) is 18.8 Å². The van der Waals surface area contributed by atoms with E-state index in [1.807, 2.05) is 0 Å². The van der Waals surface area contributed by atoms with Crippen molar-refractivity contribution in [3.05, 3.63) is 65.5 Å². The van der Waals surface area contributed by atoms with Crippen molar-refractivity contribution < 1.29 is 23.5 Å². The van der Waals surface area contributed by atoms with Crippen LogP contribution in [0.4, 0.5) is 10.1 Å². The predicted molar refractivity (Wildman–Crippen MR) is 90.8 cm³/mol. The number of nitrogens with one attached hydrogen (secondary N) is 1. The molecule has 0 unspecified atom stereocenters. The number of amides is 1. The average Bonchev–Trinajstić information content (AvgIpc) is 2.62. The lowest BCUT2D eigenvalue weighted by Crippen LogP contribution is -2.16. The van der Waals surface area contributed by atoms with Crippen molar-refractivity contribution in [3.8, 4) is 0 Å². The van der Waals surface area contributed by atoms with Crippen molar-refractivity contribution in [1.29, 1.82) is 0 Å². The van der Waals surface area contributed by atoms with Gasteiger partial charge in [-0.3, -0.25) is 14.4 Å². The first kappa shape index (κ1) is 18.3. The van der Waals surface area contributed by atoms with Gasteiger partial charge in [0.25, 0.3) is 0 Å². The number of hydrogen-bond acceptors (Lipinski definition) is 4. The summed E-state index contributed by atoms with van der Waals surface area (Å²) in [5.41, 5.74) is 1.58. The van der Waals surface area contributed by atoms with Crippen molar-refractivity contribution >= 4 is 23.3 Å². The number of hydrogen-bond donors (Lipinski definition) is 1. The first-order valence-electron chi connectivity index (χ1n) is 7.81. The second-order valence-corrected chi connectivity index (χ2v) is 5.37. The van der Waals surface area contributed by atoms with Crippen LogP contribution in [-0.4, -0.2) is 24.3 Å². The first-order chi connectivity index (χ1) is 12.0. The second-order valence-electron chi connectivity index (χ2n) is 5.37. The molecule has 6 heteroatoms. The highest BCUT2D eigenvalue weighted by atomic mass is 19.1. The van der Waals surface area contributed by atoms with Gasteiger partial charge in [0.1, 0.15) is 5.82 Å². The van der Waals surface area contributed by atoms with Gasteiger partial charge in [-0.2, -0.15) is 0 Å². The molecule has 0 atom stereocenters. The van der Waals surface area contributed by atoms with Crippen LogP contribution in [0.25, 0.3) is 0 Å². The summed E-state index contributed by atoms with van der Waals surface area (Å²) in [4.78, 5) is 35.0. The van der Waals surface area contributed by atoms with E-state index in [-0.39, 0.29) is 30.5 Å². The molecule has 0 bridgehead atoms. The summed E-state index contributed by atoms with van der Waals surface area (Å²) in [7, 11) is 0. The Hall–Kier alpha value is -3.02. The number of carbonyl (C=O) groups excluding carboxylic acids is 3. The molecule has 0 aliphatic rings. The van der Waals surface area contributed by atoms with Crippen LogP contribution in [-0.2, 0) is 20.7 Å². The third kappa shape index (κ3) is 5.84. The van der Waals surface area contributed by atoms with Crippen molar-refractivity contribution in [3.63, 3.8) is 0 Å². The molecule has 0 saturated carbocycles. The molecule has 0 spiro atoms. The average molecular weight is 343 g/mol. The number of Topliss-reactive ketones (excluding diaryl/α,β-unsaturated/α-hetero) is 1. The first-order valence-corrected chi connectivity index (χ1v) is 7.81. The Morgan fingerprint density at radius 1 is 1.00 bits per heavy atom. The van der Waals surface area contributed by atoms with Crippen LogP contribution < -0.4 is 5.32 Å². The molecule has 1 amide bonds. The third-order valence-corrected chi connectivity index (χ3v) is 3.44. The van der Waals surface area contributed by atoms with Crippen LogP contribution in [0.1, 0.15) is 29.3 Å². The third-order valence-electron chi connectivity index (χ3n) is 3.44. The standard InChI is InChI=1S/C19H18FNO4/c1-2-18(23)21-16-9-5-14(6-10-16)17(22)12-25-19(24)11-13-3-7-15(20)8-4-13/h3-10H,2,11-12H2,1H3,(H,21,23). The van der Waals surface area contributed by atoms with Crippen LogP contribution in [0, 0.1) is 5.82 Å². The summed E-state index contributed by atoms with van der Waals surface area (Å²) in [6.45, 7) is 1.37. The van der Waals surface area contributed by atoms with Gasteiger partial charge < -0.3 is 10.1 Å². The number of halogens is 1. The van der Waals surface area contributed by atoms with Gasteiger partial charge in [0.15, 0.2) is 12.4 Å². The number of benzene rings is 2. The quantitative estimate of drug-likeness (QED) is 0.619. The maximum Gasteiger partial charge on any atom is 0.310 e. The Morgan fingerprint density at radius 2 is 1.64 bits per heavy atom. The summed E-state index contributed by atoms with van der Waals surface area (Å²) in [5, 5.41) is 2.68. The minimum Gasteiger partial charge on any atom is -0.457 e. The highest BCUT2D eigenvalue weighted by Gasteiger charge is 2.11. The molecule has 2 aromatic rings. The van der Waals surface area contributed by atoms with Gasteiger partial charge in [0.05, 0.1) is 6.42 Å². The van der Waals surface area contributed by atoms with E-state index in [0.717, 1.165) is 0 Å². The molecule has 0 saturated heterocycles. The van der Waals surface area contributed by atoms with Crippen LogP contribution >= 0.6 is 0 Å². The predicted octanol–water partition coefficient (Wildman–Crippen LogP) is 3.14. The molecule has 0 radical (unpaired) electrons. The number of rotatable bonds is 7. The monoisotopic (exact) mass is 343 g/mol. The fraction of sp³-hybridized carbons (Fsp3) is 0.211. The fourth-order valence-corrected chi connectivity index (χ4v) is 2.04. The van der Waals surface area contributed by atoms with Crippen molar-refractivity contribution in [1.82, 2.24) is 0 Å². The van der Waals surface area contributed by atoms with Gasteiger partial charge in [-0.1, -0.05) is 19.1 Å². The minimum atomic E-state index is -0.563. The molecule has 2 rings (SSSR count). The summed E-state index contributed by atoms with van der Waals surface area (Å²) >= 11 is 0. The van der Waals surface area contributed by atoms with Gasteiger partial charge >= 0.3 is 5.97 Å². The van der Waals surface area contributed by atoms with E-state index in [2.05, 4.69) is 5.32 Å². The zero-order valence-corrected chi connectivity index (χ0v) is 13.8. The molecule has 130 valence electrons. The van der Waals surface area contributed by atoms with Crippen LogP contribution in [0.2, 0.25) is 0 Å². The topological polar surface area (TPSA) is 72.5 Å². The lowest BCUT2D eigenvalue weighted by molar-refractivity contribution is -0.141. The number of esters is 1. The number of anilines is 1. The number of ketones is 1. The van der Waals surface area contributed by atoms with Crippen LogP contribution in [0.15, 0.2) is 48.5 Å². The molecule has 0 fully saturated rings. The Morgan fingerprint density at radius 3 is 2.24 bits per heavy atom. The normalized spacial score (nSPS) is 10.2. The highest BCUT2D eigenvalue weighted by molar-refractivity contribution is 5.98. The van der Waals surface area contributed by atoms with E-state index in [0.29, 0.717) is 23.2 Å². The minimum absolute atomic E-state index is 0.0322. The Bertz CT molecular complexity index is 754. The zero-order chi connectivity index (χ0) is 18.2. The van der Waals surface area contributed by atoms with E-state index in [1.165, 1.54) is 24.3 Å². The van der Waals surface area contributed by atoms with Gasteiger partial charge in [-0.15, -0.1) is 0 Å². The van der Waals surface area contributed by atoms with Crippen molar-refractivity contribution in [2.45, 2.75) is 19.8 Å². The molecule has 0 heterocycles. The summed E-state index contributed by atoms with van der Waals surface area (Å²) in [5.74, 6) is -1.41. The highest BCUT2D eigenvalue weighted by Crippen LogP contribution is 2.11. The number of ether oxygens (including phenoxy) is 1. The smallest absolute Gasteiger partial charge is 0.310 e. The molecule has 0 aliphatic carbocycles. The van der Waals surface area contributed by atoms with Gasteiger partial charge in [0.2, 0.25) is 5.91 Å². The molecule has 0 aromatic heterocycles. The Labute approximate surface area is 144 Å². The molecular formula is C19H18FNO4. The molecule has 5 nitrogen and oxygen atoms in total. The molecule has 1 N–H and O–H groups in total. The maximum atomic E-state index is 12.8. The van der Waals surface area contributed by atoms with Gasteiger partial charge in [-0.05, 0) is 42.0 Å². The van der Waals surface area contributed by atoms with E-state index in [4.69, 9.17) is 4.74 Å². The van der Waals surface area contributed by atoms with E-state index < -0.39 is 5.97 Å². The summed E-state index contributed by atoms with van der Waals surface area (Å²) in [6.07, 6.45) is 0.334. The van der Waals surface area contributed by atoms with Crippen LogP contribution in [0.5, 0.6) is 0 Å². The molecule has 0 aliphatic heterocycles. The number of carbonyl (C=O) groups is 3. The SMILES string of the molecule is CCC(=O)Nc1ccc(C(=O)COC(=O)Cc2ccc(F)cc2)cc1. The summed E-state index contributed by atoms with van der Waals surface area (Å²) < 4.78 is 17.8. The van der Waals surface area contributed by atoms with Gasteiger partial charge in [0, 0.05) is 17.7 Å². The van der Waals surface area contributed by atoms with E-state index >= 15 is 0 Å². The van der Waals surface area contributed by atoms with Crippen LogP contribution in [0.3, 0.4) is 0 Å². The Balaban J connectivity index is 1.83. The second kappa shape index (κ2) is 8.73. The zero-order valence-electron chi connectivity index (χ0n) is 13.8. The van der Waals surface area contributed by atoms with Gasteiger partial charge in [-0.25, -0.2) is 4.39 Å². The molecule has 25 heavy (non-hydrogen) atoms.